The molecule has 2 spiro atoms. The molecule has 2 N–H and O–H groups in total. The van der Waals surface area contributed by atoms with E-state index in [2.05, 4.69) is 33.4 Å². The SMILES string of the molecule is C=C(C(=O)[C@H](O)[C@@H](C)[C@H]1[C@@H](OC(C)=O)C[C@@]2(C)C3CCC4[C@H](C)C(=O)C=C[C@@]45C[C@@]35CC[C@]12C)[C@@H](C)COC(=O)CCC(=O)O. The predicted molar refractivity (Wildman–Crippen MR) is 164 cm³/mol. The molecule has 9 nitrogen and oxygen atoms in total. The van der Waals surface area contributed by atoms with Crippen molar-refractivity contribution in [2.75, 3.05) is 6.61 Å². The summed E-state index contributed by atoms with van der Waals surface area (Å²) in [5.74, 6) is -3.07. The molecule has 5 rings (SSSR count). The van der Waals surface area contributed by atoms with Crippen LogP contribution in [0.15, 0.2) is 24.3 Å². The third-order valence-electron chi connectivity index (χ3n) is 13.6. The number of ether oxygens (including phenoxy) is 2. The second-order valence-electron chi connectivity index (χ2n) is 15.5. The average Bonchev–Trinajstić information content (AvgIpc) is 3.59. The zero-order chi connectivity index (χ0) is 33.3. The summed E-state index contributed by atoms with van der Waals surface area (Å²) in [4.78, 5) is 61.3. The molecule has 4 fully saturated rings. The van der Waals surface area contributed by atoms with E-state index in [9.17, 15) is 29.1 Å². The Labute approximate surface area is 266 Å². The van der Waals surface area contributed by atoms with Crippen LogP contribution in [0.3, 0.4) is 0 Å². The number of Topliss-reactive ketones (excluding diaryl/α,β-unsaturated/α-hetero) is 1. The fourth-order valence-corrected chi connectivity index (χ4v) is 11.1. The number of hydrogen-bond acceptors (Lipinski definition) is 8. The minimum Gasteiger partial charge on any atom is -0.481 e. The number of ketones is 2. The molecule has 2 unspecified atom stereocenters. The molecule has 248 valence electrons. The van der Waals surface area contributed by atoms with Gasteiger partial charge in [0, 0.05) is 24.7 Å². The molecule has 0 aliphatic heterocycles. The van der Waals surface area contributed by atoms with E-state index in [-0.39, 0.29) is 70.3 Å². The molecule has 5 aliphatic carbocycles. The Morgan fingerprint density at radius 1 is 1.09 bits per heavy atom. The maximum absolute atomic E-state index is 13.6. The first-order valence-electron chi connectivity index (χ1n) is 16.6. The second-order valence-corrected chi connectivity index (χ2v) is 15.5. The normalized spacial score (nSPS) is 41.3. The zero-order valence-corrected chi connectivity index (χ0v) is 27.6. The number of esters is 2. The van der Waals surface area contributed by atoms with Gasteiger partial charge in [-0.05, 0) is 89.6 Å². The van der Waals surface area contributed by atoms with Crippen LogP contribution in [0.1, 0.15) is 92.9 Å². The minimum absolute atomic E-state index is 0.0338. The molecule has 0 bridgehead atoms. The van der Waals surface area contributed by atoms with Crippen molar-refractivity contribution in [3.05, 3.63) is 24.3 Å². The minimum atomic E-state index is -1.39. The van der Waals surface area contributed by atoms with E-state index in [0.717, 1.165) is 32.1 Å². The van der Waals surface area contributed by atoms with Gasteiger partial charge in [0.2, 0.25) is 0 Å². The lowest BCUT2D eigenvalue weighted by Gasteiger charge is -2.61. The van der Waals surface area contributed by atoms with Gasteiger partial charge in [-0.25, -0.2) is 0 Å². The maximum atomic E-state index is 13.6. The molecule has 9 heteroatoms. The van der Waals surface area contributed by atoms with Gasteiger partial charge in [0.1, 0.15) is 12.2 Å². The van der Waals surface area contributed by atoms with Crippen molar-refractivity contribution in [2.45, 2.75) is 105 Å². The summed E-state index contributed by atoms with van der Waals surface area (Å²) in [6.07, 6.45) is 7.23. The van der Waals surface area contributed by atoms with Crippen molar-refractivity contribution < 1.29 is 43.7 Å². The number of aliphatic hydroxyl groups is 1. The van der Waals surface area contributed by atoms with E-state index < -0.39 is 41.8 Å². The number of aliphatic carboxylic acids is 1. The van der Waals surface area contributed by atoms with Crippen LogP contribution in [-0.4, -0.2) is 58.5 Å². The Balaban J connectivity index is 1.36. The van der Waals surface area contributed by atoms with Gasteiger partial charge in [-0.2, -0.15) is 0 Å². The van der Waals surface area contributed by atoms with Crippen molar-refractivity contribution in [1.82, 2.24) is 0 Å². The van der Waals surface area contributed by atoms with Gasteiger partial charge in [0.05, 0.1) is 19.4 Å². The molecule has 45 heavy (non-hydrogen) atoms. The number of carbonyl (C=O) groups excluding carboxylic acids is 4. The molecule has 0 aromatic carbocycles. The van der Waals surface area contributed by atoms with Crippen LogP contribution >= 0.6 is 0 Å². The fraction of sp³-hybridized carbons (Fsp3) is 0.750. The third-order valence-corrected chi connectivity index (χ3v) is 13.6. The van der Waals surface area contributed by atoms with Gasteiger partial charge in [-0.1, -0.05) is 47.3 Å². The lowest BCUT2D eigenvalue weighted by Crippen LogP contribution is -2.56. The van der Waals surface area contributed by atoms with Gasteiger partial charge < -0.3 is 19.7 Å². The Hall–Kier alpha value is -2.81. The Bertz CT molecular complexity index is 1330. The van der Waals surface area contributed by atoms with Crippen LogP contribution in [0.25, 0.3) is 0 Å². The summed E-state index contributed by atoms with van der Waals surface area (Å²) >= 11 is 0. The van der Waals surface area contributed by atoms with Crippen LogP contribution < -0.4 is 0 Å². The molecule has 0 saturated heterocycles. The summed E-state index contributed by atoms with van der Waals surface area (Å²) < 4.78 is 11.2. The molecule has 0 heterocycles. The Morgan fingerprint density at radius 2 is 1.78 bits per heavy atom. The van der Waals surface area contributed by atoms with Crippen molar-refractivity contribution in [2.24, 2.45) is 57.2 Å². The van der Waals surface area contributed by atoms with Gasteiger partial charge in [0.25, 0.3) is 0 Å². The smallest absolute Gasteiger partial charge is 0.306 e. The number of carbonyl (C=O) groups is 5. The van der Waals surface area contributed by atoms with Gasteiger partial charge in [-0.15, -0.1) is 0 Å². The number of hydrogen-bond donors (Lipinski definition) is 2. The van der Waals surface area contributed by atoms with E-state index in [1.807, 2.05) is 13.0 Å². The quantitative estimate of drug-likeness (QED) is 0.237. The molecular formula is C36H50O9. The van der Waals surface area contributed by atoms with Crippen LogP contribution in [0, 0.1) is 57.2 Å². The lowest BCUT2D eigenvalue weighted by atomic mass is 9.43. The molecular weight excluding hydrogens is 576 g/mol. The highest BCUT2D eigenvalue weighted by atomic mass is 16.5. The highest BCUT2D eigenvalue weighted by molar-refractivity contribution is 5.98. The second kappa shape index (κ2) is 11.5. The summed E-state index contributed by atoms with van der Waals surface area (Å²) in [5, 5.41) is 20.3. The highest BCUT2D eigenvalue weighted by Crippen LogP contribution is 2.87. The van der Waals surface area contributed by atoms with Crippen molar-refractivity contribution >= 4 is 29.5 Å². The van der Waals surface area contributed by atoms with E-state index in [4.69, 9.17) is 14.6 Å². The summed E-state index contributed by atoms with van der Waals surface area (Å²) in [6, 6.07) is 0. The number of carboxylic acids is 1. The maximum Gasteiger partial charge on any atom is 0.306 e. The van der Waals surface area contributed by atoms with E-state index in [1.54, 1.807) is 6.92 Å². The largest absolute Gasteiger partial charge is 0.481 e. The van der Waals surface area contributed by atoms with Crippen LogP contribution in [-0.2, 0) is 33.4 Å². The van der Waals surface area contributed by atoms with E-state index >= 15 is 0 Å². The van der Waals surface area contributed by atoms with Gasteiger partial charge in [0.15, 0.2) is 11.6 Å². The number of rotatable bonds is 11. The first-order valence-corrected chi connectivity index (χ1v) is 16.6. The standard InChI is InChI=1S/C36H50O9/c1-19(17-44-29(41)11-10-28(39)40)20(2)31(42)32(43)22(4)30-26(45-23(5)37)16-34(7)27-9-8-24-21(3)25(38)12-13-35(24)18-36(27,35)15-14-33(30,34)6/h12-13,19,21-22,24,26-27,30,32,43H,2,8-11,14-18H2,1,3-7H3,(H,39,40)/t19-,21-,22-,24?,26-,27?,30-,32+,33+,34-,35+,36-/m0/s1. The molecule has 12 atom stereocenters. The van der Waals surface area contributed by atoms with Crippen LogP contribution in [0.2, 0.25) is 0 Å². The number of allylic oxidation sites excluding steroid dienone is 2. The monoisotopic (exact) mass is 626 g/mol. The lowest BCUT2D eigenvalue weighted by molar-refractivity contribution is -0.155. The first-order chi connectivity index (χ1) is 21.0. The van der Waals surface area contributed by atoms with Crippen LogP contribution in [0.4, 0.5) is 0 Å². The highest BCUT2D eigenvalue weighted by Gasteiger charge is 2.81. The van der Waals surface area contributed by atoms with Crippen molar-refractivity contribution in [1.29, 1.82) is 0 Å². The molecule has 0 aromatic rings. The topological polar surface area (TPSA) is 144 Å². The number of fused-ring (bicyclic) bond motifs is 2. The Kier molecular flexibility index (Phi) is 8.55. The molecule has 5 aliphatic rings. The van der Waals surface area contributed by atoms with Crippen LogP contribution in [0.5, 0.6) is 0 Å². The summed E-state index contributed by atoms with van der Waals surface area (Å²) in [7, 11) is 0. The molecule has 0 radical (unpaired) electrons. The number of aliphatic hydroxyl groups excluding tert-OH is 1. The summed E-state index contributed by atoms with van der Waals surface area (Å²) in [5.41, 5.74) is -0.214. The molecule has 4 saturated carbocycles. The molecule has 0 aromatic heterocycles. The Morgan fingerprint density at radius 3 is 2.42 bits per heavy atom. The van der Waals surface area contributed by atoms with Crippen molar-refractivity contribution in [3.63, 3.8) is 0 Å². The van der Waals surface area contributed by atoms with Gasteiger partial charge >= 0.3 is 17.9 Å². The van der Waals surface area contributed by atoms with Crippen molar-refractivity contribution in [3.8, 4) is 0 Å². The number of carboxylic acid groups (broad SMARTS) is 1. The van der Waals surface area contributed by atoms with Gasteiger partial charge in [-0.3, -0.25) is 24.0 Å². The predicted octanol–water partition coefficient (Wildman–Crippen LogP) is 5.09. The fourth-order valence-electron chi connectivity index (χ4n) is 11.1. The third kappa shape index (κ3) is 5.03. The van der Waals surface area contributed by atoms with E-state index in [1.165, 1.54) is 6.92 Å². The zero-order valence-electron chi connectivity index (χ0n) is 27.6. The average molecular weight is 627 g/mol. The van der Waals surface area contributed by atoms with E-state index in [0.29, 0.717) is 18.3 Å². The summed E-state index contributed by atoms with van der Waals surface area (Å²) in [6.45, 7) is 15.4. The first kappa shape index (κ1) is 33.6. The molecule has 0 amide bonds.